The third kappa shape index (κ3) is 4.43. The van der Waals surface area contributed by atoms with Crippen LogP contribution in [0.15, 0.2) is 35.8 Å². The number of nitrogens with one attached hydrogen (secondary N) is 1. The van der Waals surface area contributed by atoms with Crippen molar-refractivity contribution in [1.82, 2.24) is 9.97 Å². The molecule has 0 radical (unpaired) electrons. The number of anilines is 2. The molecule has 150 valence electrons. The summed E-state index contributed by atoms with van der Waals surface area (Å²) < 4.78 is 5.27. The molecule has 3 rings (SSSR count). The van der Waals surface area contributed by atoms with Gasteiger partial charge in [-0.3, -0.25) is 14.5 Å². The summed E-state index contributed by atoms with van der Waals surface area (Å²) in [6.07, 6.45) is 1.47. The van der Waals surface area contributed by atoms with E-state index in [1.807, 2.05) is 32.0 Å². The predicted molar refractivity (Wildman–Crippen MR) is 111 cm³/mol. The number of hydrogen-bond acceptors (Lipinski definition) is 6. The van der Waals surface area contributed by atoms with E-state index in [0.29, 0.717) is 16.4 Å². The molecular formula is C21H21N3O4S. The number of carbonyl (C=O) groups is 3. The quantitative estimate of drug-likeness (QED) is 0.481. The van der Waals surface area contributed by atoms with Gasteiger partial charge in [0.1, 0.15) is 12.3 Å². The molecule has 29 heavy (non-hydrogen) atoms. The number of aromatic amines is 1. The van der Waals surface area contributed by atoms with Gasteiger partial charge in [-0.2, -0.15) is 0 Å². The molecule has 2 aromatic heterocycles. The van der Waals surface area contributed by atoms with E-state index in [4.69, 9.17) is 4.74 Å². The fourth-order valence-electron chi connectivity index (χ4n) is 2.94. The first-order valence-electron chi connectivity index (χ1n) is 8.95. The van der Waals surface area contributed by atoms with Crippen LogP contribution in [0.1, 0.15) is 51.5 Å². The maximum absolute atomic E-state index is 12.3. The highest BCUT2D eigenvalue weighted by Gasteiger charge is 2.22. The molecule has 0 spiro atoms. The van der Waals surface area contributed by atoms with Gasteiger partial charge in [-0.1, -0.05) is 18.2 Å². The second-order valence-electron chi connectivity index (χ2n) is 6.65. The second-order valence-corrected chi connectivity index (χ2v) is 7.49. The van der Waals surface area contributed by atoms with Gasteiger partial charge in [-0.15, -0.1) is 11.3 Å². The number of aromatic nitrogens is 2. The molecule has 0 unspecified atom stereocenters. The highest BCUT2D eigenvalue weighted by molar-refractivity contribution is 7.14. The van der Waals surface area contributed by atoms with Crippen molar-refractivity contribution in [2.75, 3.05) is 4.90 Å². The van der Waals surface area contributed by atoms with Gasteiger partial charge in [0.15, 0.2) is 10.9 Å². The summed E-state index contributed by atoms with van der Waals surface area (Å²) in [7, 11) is 0. The molecule has 0 aliphatic carbocycles. The number of ketones is 1. The Labute approximate surface area is 172 Å². The molecule has 0 bridgehead atoms. The average molecular weight is 411 g/mol. The summed E-state index contributed by atoms with van der Waals surface area (Å²) in [5.41, 5.74) is 3.90. The number of nitrogens with zero attached hydrogens (tertiary/aromatic N) is 2. The lowest BCUT2D eigenvalue weighted by molar-refractivity contribution is -0.115. The number of Topliss-reactive ketones (excluding diaryl/α,β-unsaturated/α-hetero) is 1. The van der Waals surface area contributed by atoms with Gasteiger partial charge in [0, 0.05) is 24.1 Å². The summed E-state index contributed by atoms with van der Waals surface area (Å²) in [4.78, 5) is 44.6. The highest BCUT2D eigenvalue weighted by Crippen LogP contribution is 2.33. The third-order valence-electron chi connectivity index (χ3n) is 4.37. The minimum Gasteiger partial charge on any atom is -0.454 e. The molecule has 0 saturated heterocycles. The smallest absolute Gasteiger partial charge is 0.355 e. The molecule has 0 aliphatic heterocycles. The molecule has 1 amide bonds. The molecule has 0 atom stereocenters. The van der Waals surface area contributed by atoms with Crippen LogP contribution in [0, 0.1) is 13.8 Å². The van der Waals surface area contributed by atoms with Gasteiger partial charge in [0.25, 0.3) is 0 Å². The van der Waals surface area contributed by atoms with E-state index >= 15 is 0 Å². The number of H-pyrrole nitrogens is 1. The van der Waals surface area contributed by atoms with Crippen LogP contribution in [-0.4, -0.2) is 27.6 Å². The van der Waals surface area contributed by atoms with Crippen molar-refractivity contribution in [1.29, 1.82) is 0 Å². The number of benzene rings is 1. The first-order valence-corrected chi connectivity index (χ1v) is 9.83. The zero-order chi connectivity index (χ0) is 21.1. The first-order chi connectivity index (χ1) is 13.8. The molecule has 0 fully saturated rings. The maximum Gasteiger partial charge on any atom is 0.355 e. The van der Waals surface area contributed by atoms with Crippen molar-refractivity contribution in [3.05, 3.63) is 63.9 Å². The number of thiazole rings is 1. The Kier molecular flexibility index (Phi) is 5.93. The SMILES string of the molecule is CC(=O)c1c[nH]c(C(=O)OCc2csc(N(C(C)=O)c3c(C)cccc3C)n2)c1. The Morgan fingerprint density at radius 3 is 2.45 bits per heavy atom. The molecule has 7 nitrogen and oxygen atoms in total. The van der Waals surface area contributed by atoms with Gasteiger partial charge in [-0.05, 0) is 38.0 Å². The Morgan fingerprint density at radius 2 is 1.86 bits per heavy atom. The van der Waals surface area contributed by atoms with Crippen LogP contribution >= 0.6 is 11.3 Å². The number of rotatable bonds is 6. The highest BCUT2D eigenvalue weighted by atomic mass is 32.1. The van der Waals surface area contributed by atoms with E-state index in [2.05, 4.69) is 9.97 Å². The van der Waals surface area contributed by atoms with Gasteiger partial charge in [-0.25, -0.2) is 9.78 Å². The van der Waals surface area contributed by atoms with Crippen LogP contribution in [0.25, 0.3) is 0 Å². The van der Waals surface area contributed by atoms with E-state index in [9.17, 15) is 14.4 Å². The van der Waals surface area contributed by atoms with Gasteiger partial charge < -0.3 is 9.72 Å². The summed E-state index contributed by atoms with van der Waals surface area (Å²) in [6.45, 7) is 6.76. The van der Waals surface area contributed by atoms with Crippen LogP contribution in [0.2, 0.25) is 0 Å². The maximum atomic E-state index is 12.3. The predicted octanol–water partition coefficient (Wildman–Crippen LogP) is 4.33. The number of aryl methyl sites for hydroxylation is 2. The Hall–Kier alpha value is -3.26. The average Bonchev–Trinajstić information content (AvgIpc) is 3.32. The van der Waals surface area contributed by atoms with Crippen LogP contribution in [0.5, 0.6) is 0 Å². The minimum absolute atomic E-state index is 0.0394. The fourth-order valence-corrected chi connectivity index (χ4v) is 3.80. The monoisotopic (exact) mass is 411 g/mol. The van der Waals surface area contributed by atoms with E-state index in [-0.39, 0.29) is 24.0 Å². The molecule has 2 heterocycles. The second kappa shape index (κ2) is 8.40. The van der Waals surface area contributed by atoms with E-state index in [1.54, 1.807) is 10.3 Å². The lowest BCUT2D eigenvalue weighted by Gasteiger charge is -2.22. The standard InChI is InChI=1S/C21H21N3O4S/c1-12-6-5-7-13(2)19(12)24(15(4)26)21-23-17(11-29-21)10-28-20(27)18-8-16(9-22-18)14(3)25/h5-9,11,22H,10H2,1-4H3. The van der Waals surface area contributed by atoms with Crippen molar-refractivity contribution in [2.45, 2.75) is 34.3 Å². The molecule has 8 heteroatoms. The summed E-state index contributed by atoms with van der Waals surface area (Å²) in [5.74, 6) is -0.867. The van der Waals surface area contributed by atoms with Gasteiger partial charge in [0.2, 0.25) is 5.91 Å². The van der Waals surface area contributed by atoms with Crippen LogP contribution in [0.4, 0.5) is 10.8 Å². The summed E-state index contributed by atoms with van der Waals surface area (Å²) in [5, 5.41) is 2.27. The van der Waals surface area contributed by atoms with Crippen LogP contribution < -0.4 is 4.90 Å². The largest absolute Gasteiger partial charge is 0.454 e. The van der Waals surface area contributed by atoms with E-state index in [1.165, 1.54) is 37.4 Å². The van der Waals surface area contributed by atoms with Gasteiger partial charge >= 0.3 is 5.97 Å². The number of amides is 1. The molecular weight excluding hydrogens is 390 g/mol. The zero-order valence-corrected chi connectivity index (χ0v) is 17.4. The van der Waals surface area contributed by atoms with Crippen molar-refractivity contribution in [3.8, 4) is 0 Å². The molecule has 3 aromatic rings. The molecule has 0 aliphatic rings. The van der Waals surface area contributed by atoms with Crippen molar-refractivity contribution in [2.24, 2.45) is 0 Å². The minimum atomic E-state index is -0.578. The molecule has 0 saturated carbocycles. The summed E-state index contributed by atoms with van der Waals surface area (Å²) >= 11 is 1.30. The van der Waals surface area contributed by atoms with Gasteiger partial charge in [0.05, 0.1) is 11.4 Å². The Bertz CT molecular complexity index is 1060. The third-order valence-corrected chi connectivity index (χ3v) is 5.24. The van der Waals surface area contributed by atoms with E-state index < -0.39 is 5.97 Å². The van der Waals surface area contributed by atoms with Crippen LogP contribution in [-0.2, 0) is 16.1 Å². The van der Waals surface area contributed by atoms with Crippen molar-refractivity contribution in [3.63, 3.8) is 0 Å². The van der Waals surface area contributed by atoms with E-state index in [0.717, 1.165) is 16.8 Å². The summed E-state index contributed by atoms with van der Waals surface area (Å²) in [6, 6.07) is 7.29. The number of para-hydroxylation sites is 1. The van der Waals surface area contributed by atoms with Crippen molar-refractivity contribution >= 4 is 39.8 Å². The van der Waals surface area contributed by atoms with Crippen molar-refractivity contribution < 1.29 is 19.1 Å². The Morgan fingerprint density at radius 1 is 1.17 bits per heavy atom. The zero-order valence-electron chi connectivity index (χ0n) is 16.6. The number of esters is 1. The fraction of sp³-hybridized carbons (Fsp3) is 0.238. The number of carbonyl (C=O) groups excluding carboxylic acids is 3. The first kappa shape index (κ1) is 20.5. The number of ether oxygens (including phenoxy) is 1. The Balaban J connectivity index is 1.76. The van der Waals surface area contributed by atoms with Crippen LogP contribution in [0.3, 0.4) is 0 Å². The topological polar surface area (TPSA) is 92.4 Å². The molecule has 1 N–H and O–H groups in total. The molecule has 1 aromatic carbocycles. The normalized spacial score (nSPS) is 10.6. The lowest BCUT2D eigenvalue weighted by Crippen LogP contribution is -2.24. The lowest BCUT2D eigenvalue weighted by atomic mass is 10.1. The number of hydrogen-bond donors (Lipinski definition) is 1.